The minimum Gasteiger partial charge on any atom is -0.468 e. The molecule has 0 rings (SSSR count). The molecule has 0 heterocycles. The molecule has 0 amide bonds. The highest BCUT2D eigenvalue weighted by molar-refractivity contribution is 8.00. The second kappa shape index (κ2) is 9.72. The molecule has 0 N–H and O–H groups in total. The maximum atomic E-state index is 13.1. The molecule has 0 saturated heterocycles. The Morgan fingerprint density at radius 1 is 1.04 bits per heavy atom. The molecule has 0 saturated carbocycles. The highest BCUT2D eigenvalue weighted by atomic mass is 32.2. The Labute approximate surface area is 140 Å². The number of halogens is 7. The van der Waals surface area contributed by atoms with Gasteiger partial charge in [-0.05, 0) is 18.6 Å². The summed E-state index contributed by atoms with van der Waals surface area (Å²) >= 11 is 0.929. The lowest BCUT2D eigenvalue weighted by atomic mass is 10.1. The smallest absolute Gasteiger partial charge is 0.459 e. The minimum atomic E-state index is -6.31. The summed E-state index contributed by atoms with van der Waals surface area (Å²) in [7, 11) is 1.16. The first-order valence-corrected chi connectivity index (χ1v) is 8.47. The van der Waals surface area contributed by atoms with Gasteiger partial charge in [-0.25, -0.2) is 0 Å². The van der Waals surface area contributed by atoms with Crippen molar-refractivity contribution < 1.29 is 40.3 Å². The van der Waals surface area contributed by atoms with Crippen molar-refractivity contribution in [3.8, 4) is 0 Å². The van der Waals surface area contributed by atoms with Gasteiger partial charge in [-0.3, -0.25) is 4.79 Å². The summed E-state index contributed by atoms with van der Waals surface area (Å²) in [5.74, 6) is -12.0. The molecule has 0 aliphatic carbocycles. The van der Waals surface area contributed by atoms with Gasteiger partial charge in [0.05, 0.1) is 7.11 Å². The molecule has 0 bridgehead atoms. The molecule has 0 aromatic carbocycles. The predicted molar refractivity (Wildman–Crippen MR) is 77.6 cm³/mol. The SMILES string of the molecule is CCCCCC(SCCCC(F)(F)C(F)(F)C(F)(F)F)C(=O)OC. The van der Waals surface area contributed by atoms with Gasteiger partial charge in [0.1, 0.15) is 5.25 Å². The van der Waals surface area contributed by atoms with Crippen LogP contribution in [0.2, 0.25) is 0 Å². The van der Waals surface area contributed by atoms with E-state index in [2.05, 4.69) is 4.74 Å². The van der Waals surface area contributed by atoms with E-state index in [-0.39, 0.29) is 5.75 Å². The fourth-order valence-electron chi connectivity index (χ4n) is 1.86. The third-order valence-corrected chi connectivity index (χ3v) is 4.66. The Hall–Kier alpha value is -0.670. The van der Waals surface area contributed by atoms with Crippen LogP contribution in [0.3, 0.4) is 0 Å². The summed E-state index contributed by atoms with van der Waals surface area (Å²) in [6.07, 6.45) is -5.62. The Bertz CT molecular complexity index is 386. The number of carbonyl (C=O) groups excluding carboxylic acids is 1. The van der Waals surface area contributed by atoms with Crippen LogP contribution in [0, 0.1) is 0 Å². The average molecular weight is 386 g/mol. The molecule has 0 aromatic rings. The van der Waals surface area contributed by atoms with Crippen LogP contribution in [0.4, 0.5) is 30.7 Å². The molecule has 144 valence electrons. The molecule has 1 unspecified atom stereocenters. The van der Waals surface area contributed by atoms with Crippen LogP contribution >= 0.6 is 11.8 Å². The quantitative estimate of drug-likeness (QED) is 0.268. The van der Waals surface area contributed by atoms with Gasteiger partial charge < -0.3 is 4.74 Å². The molecule has 0 aliphatic heterocycles. The van der Waals surface area contributed by atoms with Crippen LogP contribution in [-0.2, 0) is 9.53 Å². The number of carbonyl (C=O) groups is 1. The largest absolute Gasteiger partial charge is 0.468 e. The van der Waals surface area contributed by atoms with Gasteiger partial charge >= 0.3 is 24.0 Å². The van der Waals surface area contributed by atoms with Gasteiger partial charge in [-0.2, -0.15) is 30.7 Å². The Morgan fingerprint density at radius 2 is 1.62 bits per heavy atom. The van der Waals surface area contributed by atoms with Crippen molar-refractivity contribution in [1.29, 1.82) is 0 Å². The van der Waals surface area contributed by atoms with Crippen LogP contribution in [0.5, 0.6) is 0 Å². The van der Waals surface area contributed by atoms with Gasteiger partial charge in [0, 0.05) is 6.42 Å². The number of thioether (sulfide) groups is 1. The van der Waals surface area contributed by atoms with Gasteiger partial charge in [-0.15, -0.1) is 11.8 Å². The summed E-state index contributed by atoms with van der Waals surface area (Å²) in [5.41, 5.74) is 0. The lowest BCUT2D eigenvalue weighted by Crippen LogP contribution is -2.51. The zero-order valence-corrected chi connectivity index (χ0v) is 14.2. The van der Waals surface area contributed by atoms with Crippen molar-refractivity contribution >= 4 is 17.7 Å². The number of alkyl halides is 7. The highest BCUT2D eigenvalue weighted by Gasteiger charge is 2.72. The molecule has 0 aliphatic rings. The first-order valence-electron chi connectivity index (χ1n) is 7.42. The zero-order valence-electron chi connectivity index (χ0n) is 13.4. The van der Waals surface area contributed by atoms with Crippen molar-refractivity contribution in [2.45, 2.75) is 68.7 Å². The number of rotatable bonds is 11. The van der Waals surface area contributed by atoms with Crippen molar-refractivity contribution in [1.82, 2.24) is 0 Å². The van der Waals surface area contributed by atoms with Crippen LogP contribution < -0.4 is 0 Å². The highest BCUT2D eigenvalue weighted by Crippen LogP contribution is 2.48. The monoisotopic (exact) mass is 386 g/mol. The van der Waals surface area contributed by atoms with Crippen molar-refractivity contribution in [2.24, 2.45) is 0 Å². The van der Waals surface area contributed by atoms with Gasteiger partial charge in [0.2, 0.25) is 0 Å². The lowest BCUT2D eigenvalue weighted by Gasteiger charge is -2.28. The number of esters is 1. The third kappa shape index (κ3) is 6.68. The third-order valence-electron chi connectivity index (χ3n) is 3.30. The Balaban J connectivity index is 4.48. The average Bonchev–Trinajstić information content (AvgIpc) is 2.47. The number of hydrogen-bond acceptors (Lipinski definition) is 3. The molecule has 1 atom stereocenters. The van der Waals surface area contributed by atoms with E-state index in [1.807, 2.05) is 6.92 Å². The predicted octanol–water partition coefficient (Wildman–Crippen LogP) is 5.45. The Kier molecular flexibility index (Phi) is 9.45. The van der Waals surface area contributed by atoms with E-state index < -0.39 is 42.1 Å². The van der Waals surface area contributed by atoms with E-state index in [1.54, 1.807) is 0 Å². The zero-order chi connectivity index (χ0) is 19.0. The van der Waals surface area contributed by atoms with E-state index in [9.17, 15) is 35.5 Å². The lowest BCUT2D eigenvalue weighted by molar-refractivity contribution is -0.355. The van der Waals surface area contributed by atoms with Crippen molar-refractivity contribution in [2.75, 3.05) is 12.9 Å². The number of hydrogen-bond donors (Lipinski definition) is 0. The molecular weight excluding hydrogens is 365 g/mol. The maximum Gasteiger partial charge on any atom is 0.459 e. The van der Waals surface area contributed by atoms with Crippen molar-refractivity contribution in [3.05, 3.63) is 0 Å². The first kappa shape index (κ1) is 23.3. The second-order valence-corrected chi connectivity index (χ2v) is 6.57. The van der Waals surface area contributed by atoms with Crippen molar-refractivity contribution in [3.63, 3.8) is 0 Å². The molecule has 0 radical (unpaired) electrons. The van der Waals surface area contributed by atoms with E-state index in [0.29, 0.717) is 12.8 Å². The van der Waals surface area contributed by atoms with E-state index in [1.165, 1.54) is 0 Å². The van der Waals surface area contributed by atoms with Crippen LogP contribution in [0.25, 0.3) is 0 Å². The molecule has 0 aromatic heterocycles. The molecule has 0 fully saturated rings. The second-order valence-electron chi connectivity index (χ2n) is 5.26. The molecule has 24 heavy (non-hydrogen) atoms. The van der Waals surface area contributed by atoms with Crippen LogP contribution in [0.15, 0.2) is 0 Å². The van der Waals surface area contributed by atoms with Crippen LogP contribution in [0.1, 0.15) is 45.4 Å². The van der Waals surface area contributed by atoms with Gasteiger partial charge in [-0.1, -0.05) is 26.2 Å². The van der Waals surface area contributed by atoms with Gasteiger partial charge in [0.15, 0.2) is 0 Å². The summed E-state index contributed by atoms with van der Waals surface area (Å²) in [6.45, 7) is 1.95. The van der Waals surface area contributed by atoms with E-state index in [0.717, 1.165) is 31.7 Å². The standard InChI is InChI=1S/C14H21F7O2S/c1-3-4-5-7-10(11(22)23-2)24-9-6-8-12(15,16)13(17,18)14(19,20)21/h10H,3-9H2,1-2H3. The topological polar surface area (TPSA) is 26.3 Å². The fraction of sp³-hybridized carbons (Fsp3) is 0.929. The summed E-state index contributed by atoms with van der Waals surface area (Å²) < 4.78 is 92.2. The number of ether oxygens (including phenoxy) is 1. The normalized spacial score (nSPS) is 14.5. The van der Waals surface area contributed by atoms with E-state index in [4.69, 9.17) is 0 Å². The molecule has 0 spiro atoms. The van der Waals surface area contributed by atoms with Gasteiger partial charge in [0.25, 0.3) is 0 Å². The molecular formula is C14H21F7O2S. The summed E-state index contributed by atoms with van der Waals surface area (Å²) in [5, 5.41) is -0.640. The van der Waals surface area contributed by atoms with E-state index >= 15 is 0 Å². The number of unbranched alkanes of at least 4 members (excludes halogenated alkanes) is 2. The Morgan fingerprint density at radius 3 is 2.08 bits per heavy atom. The summed E-state index contributed by atoms with van der Waals surface area (Å²) in [4.78, 5) is 11.5. The maximum absolute atomic E-state index is 13.1. The van der Waals surface area contributed by atoms with Crippen LogP contribution in [-0.4, -0.2) is 42.1 Å². The minimum absolute atomic E-state index is 0.143. The molecule has 2 nitrogen and oxygen atoms in total. The summed E-state index contributed by atoms with van der Waals surface area (Å²) in [6, 6.07) is 0. The fourth-order valence-corrected chi connectivity index (χ4v) is 3.03. The first-order chi connectivity index (χ1) is 10.9. The number of methoxy groups -OCH3 is 1. The molecule has 10 heteroatoms.